The van der Waals surface area contributed by atoms with Gasteiger partial charge in [-0.25, -0.2) is 14.3 Å². The van der Waals surface area contributed by atoms with E-state index in [2.05, 4.69) is 10.1 Å². The molecular weight excluding hydrogens is 363 g/mol. The molecule has 0 aliphatic heterocycles. The summed E-state index contributed by atoms with van der Waals surface area (Å²) in [5.74, 6) is 0.0581. The zero-order valence-corrected chi connectivity index (χ0v) is 16.3. The molecule has 8 heteroatoms. The van der Waals surface area contributed by atoms with Gasteiger partial charge in [-0.05, 0) is 64.1 Å². The van der Waals surface area contributed by atoms with E-state index in [9.17, 15) is 14.3 Å². The largest absolute Gasteiger partial charge is 0.491 e. The summed E-state index contributed by atoms with van der Waals surface area (Å²) >= 11 is 0. The van der Waals surface area contributed by atoms with Gasteiger partial charge in [-0.3, -0.25) is 4.90 Å². The number of fused-ring (bicyclic) bond motifs is 1. The summed E-state index contributed by atoms with van der Waals surface area (Å²) in [6, 6.07) is 9.80. The van der Waals surface area contributed by atoms with E-state index in [1.807, 2.05) is 39.8 Å². The van der Waals surface area contributed by atoms with E-state index < -0.39 is 17.6 Å². The van der Waals surface area contributed by atoms with Crippen LogP contribution in [0.25, 0.3) is 16.9 Å². The summed E-state index contributed by atoms with van der Waals surface area (Å²) in [4.78, 5) is 17.3. The highest BCUT2D eigenvalue weighted by Gasteiger charge is 2.31. The summed E-state index contributed by atoms with van der Waals surface area (Å²) in [6.45, 7) is 7.60. The zero-order chi connectivity index (χ0) is 20.5. The van der Waals surface area contributed by atoms with Crippen molar-refractivity contribution in [3.05, 3.63) is 48.5 Å². The van der Waals surface area contributed by atoms with Crippen molar-refractivity contribution in [1.82, 2.24) is 19.5 Å². The van der Waals surface area contributed by atoms with Crippen LogP contribution in [0.15, 0.2) is 42.6 Å². The molecule has 0 bridgehead atoms. The Kier molecular flexibility index (Phi) is 5.22. The van der Waals surface area contributed by atoms with Gasteiger partial charge < -0.3 is 9.84 Å². The quantitative estimate of drug-likeness (QED) is 0.715. The Morgan fingerprint density at radius 3 is 2.54 bits per heavy atom. The van der Waals surface area contributed by atoms with Gasteiger partial charge in [0.1, 0.15) is 12.4 Å². The van der Waals surface area contributed by atoms with Crippen LogP contribution in [0.5, 0.6) is 5.75 Å². The Labute approximate surface area is 162 Å². The lowest BCUT2D eigenvalue weighted by Crippen LogP contribution is -2.52. The first-order chi connectivity index (χ1) is 13.1. The fourth-order valence-corrected chi connectivity index (χ4v) is 3.15. The van der Waals surface area contributed by atoms with Crippen molar-refractivity contribution in [1.29, 1.82) is 0 Å². The van der Waals surface area contributed by atoms with E-state index in [-0.39, 0.29) is 12.6 Å². The molecule has 1 amide bonds. The van der Waals surface area contributed by atoms with Crippen LogP contribution in [0.2, 0.25) is 0 Å². The third kappa shape index (κ3) is 4.21. The maximum Gasteiger partial charge on any atom is 0.408 e. The van der Waals surface area contributed by atoms with Crippen molar-refractivity contribution in [2.24, 2.45) is 0 Å². The van der Waals surface area contributed by atoms with E-state index in [1.165, 1.54) is 15.5 Å². The van der Waals surface area contributed by atoms with Gasteiger partial charge in [0.25, 0.3) is 0 Å². The van der Waals surface area contributed by atoms with Gasteiger partial charge in [0.2, 0.25) is 5.95 Å². The minimum Gasteiger partial charge on any atom is -0.491 e. The van der Waals surface area contributed by atoms with Crippen LogP contribution in [-0.4, -0.2) is 48.9 Å². The second kappa shape index (κ2) is 7.46. The lowest BCUT2D eigenvalue weighted by atomic mass is 10.0. The van der Waals surface area contributed by atoms with Crippen molar-refractivity contribution in [3.63, 3.8) is 0 Å². The summed E-state index contributed by atoms with van der Waals surface area (Å²) in [5, 5.41) is 13.2. The first-order valence-electron chi connectivity index (χ1n) is 8.92. The van der Waals surface area contributed by atoms with Gasteiger partial charge in [0, 0.05) is 11.1 Å². The Morgan fingerprint density at radius 1 is 1.25 bits per heavy atom. The van der Waals surface area contributed by atoms with Gasteiger partial charge in [-0.1, -0.05) is 0 Å². The molecule has 0 saturated carbocycles. The molecule has 0 spiro atoms. The number of ether oxygens (including phenoxy) is 1. The zero-order valence-electron chi connectivity index (χ0n) is 16.3. The highest BCUT2D eigenvalue weighted by atomic mass is 19.1. The van der Waals surface area contributed by atoms with Crippen LogP contribution < -0.4 is 4.74 Å². The van der Waals surface area contributed by atoms with E-state index in [1.54, 1.807) is 24.4 Å². The van der Waals surface area contributed by atoms with Gasteiger partial charge >= 0.3 is 6.09 Å². The van der Waals surface area contributed by atoms with Crippen molar-refractivity contribution in [3.8, 4) is 17.0 Å². The topological polar surface area (TPSA) is 80.0 Å². The molecule has 1 atom stereocenters. The number of amides is 1. The first-order valence-corrected chi connectivity index (χ1v) is 8.92. The van der Waals surface area contributed by atoms with Crippen LogP contribution in [0.3, 0.4) is 0 Å². The average Bonchev–Trinajstić information content (AvgIpc) is 3.02. The molecule has 1 unspecified atom stereocenters. The number of rotatable bonds is 5. The number of benzene rings is 1. The van der Waals surface area contributed by atoms with Crippen molar-refractivity contribution < 1.29 is 19.0 Å². The molecule has 1 N–H and O–H groups in total. The second-order valence-electron chi connectivity index (χ2n) is 7.59. The summed E-state index contributed by atoms with van der Waals surface area (Å²) in [5.41, 5.74) is 1.55. The number of hydrogen-bond donors (Lipinski definition) is 1. The van der Waals surface area contributed by atoms with Gasteiger partial charge in [-0.2, -0.15) is 4.39 Å². The molecule has 1 aromatic carbocycles. The van der Waals surface area contributed by atoms with E-state index in [0.717, 1.165) is 5.56 Å². The van der Waals surface area contributed by atoms with Crippen molar-refractivity contribution in [2.45, 2.75) is 39.3 Å². The first kappa shape index (κ1) is 19.6. The highest BCUT2D eigenvalue weighted by molar-refractivity contribution is 5.66. The molecule has 2 aromatic heterocycles. The molecule has 3 rings (SSSR count). The molecule has 0 radical (unpaired) electrons. The molecule has 0 aliphatic carbocycles. The number of nitrogens with zero attached hydrogens (tertiary/aromatic N) is 4. The maximum absolute atomic E-state index is 13.2. The van der Waals surface area contributed by atoms with Crippen molar-refractivity contribution in [2.75, 3.05) is 6.61 Å². The second-order valence-corrected chi connectivity index (χ2v) is 7.59. The van der Waals surface area contributed by atoms with Crippen LogP contribution in [-0.2, 0) is 0 Å². The standard InChI is InChI=1S/C20H23FN4O3/c1-13(25(19(26)27)20(2,3)4)12-28-15-7-5-14(6-8-15)16-11-24-18(22-16)10-9-17(21)23-24/h5-11,13H,12H2,1-4H3,(H,26,27). The number of imidazole rings is 1. The average molecular weight is 386 g/mol. The fourth-order valence-electron chi connectivity index (χ4n) is 3.15. The minimum atomic E-state index is -0.976. The molecule has 7 nitrogen and oxygen atoms in total. The Morgan fingerprint density at radius 2 is 1.93 bits per heavy atom. The van der Waals surface area contributed by atoms with Gasteiger partial charge in [0.15, 0.2) is 5.65 Å². The highest BCUT2D eigenvalue weighted by Crippen LogP contribution is 2.23. The maximum atomic E-state index is 13.2. The third-order valence-electron chi connectivity index (χ3n) is 4.30. The Balaban J connectivity index is 1.69. The smallest absolute Gasteiger partial charge is 0.408 e. The predicted molar refractivity (Wildman–Crippen MR) is 103 cm³/mol. The van der Waals surface area contributed by atoms with Crippen LogP contribution >= 0.6 is 0 Å². The number of halogens is 1. The fraction of sp³-hybridized carbons (Fsp3) is 0.350. The van der Waals surface area contributed by atoms with Crippen LogP contribution in [0, 0.1) is 5.95 Å². The molecule has 0 aliphatic rings. The van der Waals surface area contributed by atoms with Gasteiger partial charge in [0.05, 0.1) is 17.9 Å². The van der Waals surface area contributed by atoms with Gasteiger partial charge in [-0.15, -0.1) is 5.10 Å². The van der Waals surface area contributed by atoms with Crippen LogP contribution in [0.1, 0.15) is 27.7 Å². The number of carboxylic acid groups (broad SMARTS) is 1. The van der Waals surface area contributed by atoms with E-state index in [4.69, 9.17) is 4.74 Å². The normalized spacial score (nSPS) is 12.8. The molecule has 0 fully saturated rings. The minimum absolute atomic E-state index is 0.237. The molecule has 3 aromatic rings. The Hall–Kier alpha value is -3.16. The summed E-state index contributed by atoms with van der Waals surface area (Å²) in [7, 11) is 0. The molecular formula is C20H23FN4O3. The lowest BCUT2D eigenvalue weighted by Gasteiger charge is -2.37. The predicted octanol–water partition coefficient (Wildman–Crippen LogP) is 4.08. The number of hydrogen-bond acceptors (Lipinski definition) is 4. The van der Waals surface area contributed by atoms with Crippen LogP contribution in [0.4, 0.5) is 9.18 Å². The molecule has 0 saturated heterocycles. The molecule has 2 heterocycles. The summed E-state index contributed by atoms with van der Waals surface area (Å²) in [6.07, 6.45) is 0.681. The SMILES string of the molecule is CC(COc1ccc(-c2cn3nc(F)ccc3n2)cc1)N(C(=O)O)C(C)(C)C. The van der Waals surface area contributed by atoms with E-state index in [0.29, 0.717) is 17.1 Å². The monoisotopic (exact) mass is 386 g/mol. The lowest BCUT2D eigenvalue weighted by molar-refractivity contribution is 0.0578. The third-order valence-corrected chi connectivity index (χ3v) is 4.30. The Bertz CT molecular complexity index is 979. The molecule has 28 heavy (non-hydrogen) atoms. The van der Waals surface area contributed by atoms with Crippen molar-refractivity contribution >= 4 is 11.7 Å². The summed E-state index contributed by atoms with van der Waals surface area (Å²) < 4.78 is 20.4. The number of carbonyl (C=O) groups is 1. The van der Waals surface area contributed by atoms with E-state index >= 15 is 0 Å². The molecule has 148 valence electrons. The number of aromatic nitrogens is 3.